The lowest BCUT2D eigenvalue weighted by atomic mass is 9.47. The average molecular weight is 536 g/mol. The Labute approximate surface area is 235 Å². The molecule has 0 amide bonds. The second-order valence-electron chi connectivity index (χ2n) is 14.3. The highest BCUT2D eigenvalue weighted by atomic mass is 16.6. The van der Waals surface area contributed by atoms with Crippen LogP contribution in [0.1, 0.15) is 116 Å². The molecule has 0 N–H and O–H groups in total. The van der Waals surface area contributed by atoms with Crippen molar-refractivity contribution in [1.82, 2.24) is 0 Å². The third-order valence-electron chi connectivity index (χ3n) is 11.9. The van der Waals surface area contributed by atoms with Gasteiger partial charge in [-0.2, -0.15) is 0 Å². The monoisotopic (exact) mass is 535 g/mol. The van der Waals surface area contributed by atoms with Gasteiger partial charge in [0, 0.05) is 12.5 Å². The number of ether oxygens (including phenoxy) is 1. The second-order valence-corrected chi connectivity index (χ2v) is 14.3. The molecule has 0 unspecified atom stereocenters. The maximum Gasteiger partial charge on any atom is 0.345 e. The fourth-order valence-corrected chi connectivity index (χ4v) is 9.77. The number of carbonyl (C=O) groups excluding carboxylic acids is 1. The quantitative estimate of drug-likeness (QED) is 0.144. The first-order chi connectivity index (χ1) is 18.5. The standard InChI is InChI=1S/C34H49NO4/c1-22(2)9-8-10-23(3)28-15-16-29-26-14-13-24-21-25(17-19-33(24,4)30(26)18-20-34(28,29)5)39-32(36)27-11-6-7-12-31(27)35(37)38/h6-7,11-13,22-23,25-26,28-30H,8-10,14-21H2,1-5H3/t23-,25-,26+,28-,29+,30+,33-,34+/m0/s1. The fraction of sp³-hybridized carbons (Fsp3) is 0.735. The van der Waals surface area contributed by atoms with E-state index < -0.39 is 10.9 Å². The molecular weight excluding hydrogens is 486 g/mol. The number of fused-ring (bicyclic) bond motifs is 5. The third kappa shape index (κ3) is 5.20. The van der Waals surface area contributed by atoms with Crippen LogP contribution in [0, 0.1) is 56.5 Å². The Hall–Kier alpha value is -2.17. The number of benzene rings is 1. The van der Waals surface area contributed by atoms with Crippen molar-refractivity contribution >= 4 is 11.7 Å². The molecule has 0 aromatic heterocycles. The number of rotatable bonds is 8. The molecule has 3 saturated carbocycles. The zero-order valence-electron chi connectivity index (χ0n) is 24.8. The SMILES string of the molecule is CC(C)CCC[C@H](C)[C@@H]1CC[C@@H]2[C@H]3CC=C4C[C@@H](OC(=O)c5ccccc5[N+](=O)[O-])CC[C@]4(C)[C@@H]3CC[C@@]21C. The summed E-state index contributed by atoms with van der Waals surface area (Å²) in [6.07, 6.45) is 15.7. The van der Waals surface area contributed by atoms with Crippen molar-refractivity contribution in [2.45, 2.75) is 111 Å². The van der Waals surface area contributed by atoms with E-state index in [1.165, 1.54) is 62.7 Å². The average Bonchev–Trinajstić information content (AvgIpc) is 3.26. The molecule has 0 spiro atoms. The minimum Gasteiger partial charge on any atom is -0.458 e. The molecule has 5 heteroatoms. The van der Waals surface area contributed by atoms with Gasteiger partial charge in [0.1, 0.15) is 11.7 Å². The summed E-state index contributed by atoms with van der Waals surface area (Å²) in [5, 5.41) is 11.4. The Kier molecular flexibility index (Phi) is 8.01. The van der Waals surface area contributed by atoms with Gasteiger partial charge in [-0.3, -0.25) is 10.1 Å². The molecule has 0 bridgehead atoms. The first kappa shape index (κ1) is 28.4. The van der Waals surface area contributed by atoms with Gasteiger partial charge in [-0.05, 0) is 97.3 Å². The van der Waals surface area contributed by atoms with E-state index in [0.717, 1.165) is 61.2 Å². The number of nitro benzene ring substituents is 1. The number of hydrogen-bond acceptors (Lipinski definition) is 4. The van der Waals surface area contributed by atoms with Crippen molar-refractivity contribution in [3.8, 4) is 0 Å². The van der Waals surface area contributed by atoms with Crippen molar-refractivity contribution in [3.63, 3.8) is 0 Å². The van der Waals surface area contributed by atoms with E-state index >= 15 is 0 Å². The number of esters is 1. The minimum absolute atomic E-state index is 0.0503. The first-order valence-corrected chi connectivity index (χ1v) is 15.7. The summed E-state index contributed by atoms with van der Waals surface area (Å²) < 4.78 is 5.89. The normalized spacial score (nSPS) is 36.4. The topological polar surface area (TPSA) is 69.4 Å². The smallest absolute Gasteiger partial charge is 0.345 e. The summed E-state index contributed by atoms with van der Waals surface area (Å²) in [6.45, 7) is 12.4. The number of hydrogen-bond donors (Lipinski definition) is 0. The molecule has 3 fully saturated rings. The summed E-state index contributed by atoms with van der Waals surface area (Å²) in [4.78, 5) is 23.8. The second kappa shape index (κ2) is 11.0. The van der Waals surface area contributed by atoms with E-state index in [1.54, 1.807) is 12.1 Å². The van der Waals surface area contributed by atoms with Crippen molar-refractivity contribution < 1.29 is 14.5 Å². The highest BCUT2D eigenvalue weighted by Gasteiger charge is 2.59. The fourth-order valence-electron chi connectivity index (χ4n) is 9.77. The summed E-state index contributed by atoms with van der Waals surface area (Å²) >= 11 is 0. The van der Waals surface area contributed by atoms with Crippen LogP contribution in [0.15, 0.2) is 35.9 Å². The molecule has 39 heavy (non-hydrogen) atoms. The lowest BCUT2D eigenvalue weighted by molar-refractivity contribution is -0.385. The molecule has 214 valence electrons. The van der Waals surface area contributed by atoms with Crippen LogP contribution in [0.25, 0.3) is 0 Å². The molecule has 0 radical (unpaired) electrons. The van der Waals surface area contributed by atoms with Crippen molar-refractivity contribution in [1.29, 1.82) is 0 Å². The number of nitrogens with zero attached hydrogens (tertiary/aromatic N) is 1. The van der Waals surface area contributed by atoms with Crippen LogP contribution >= 0.6 is 0 Å². The van der Waals surface area contributed by atoms with E-state index in [4.69, 9.17) is 4.74 Å². The number of carbonyl (C=O) groups is 1. The zero-order chi connectivity index (χ0) is 27.9. The molecule has 0 heterocycles. The predicted molar refractivity (Wildman–Crippen MR) is 155 cm³/mol. The van der Waals surface area contributed by atoms with Gasteiger partial charge in [0.2, 0.25) is 0 Å². The van der Waals surface area contributed by atoms with Crippen LogP contribution in [-0.2, 0) is 4.74 Å². The van der Waals surface area contributed by atoms with E-state index in [1.807, 2.05) is 0 Å². The van der Waals surface area contributed by atoms with Crippen LogP contribution in [0.5, 0.6) is 0 Å². The van der Waals surface area contributed by atoms with Crippen LogP contribution in [0.2, 0.25) is 0 Å². The Balaban J connectivity index is 1.26. The molecule has 5 nitrogen and oxygen atoms in total. The molecular formula is C34H49NO4. The van der Waals surface area contributed by atoms with Gasteiger partial charge in [-0.15, -0.1) is 0 Å². The van der Waals surface area contributed by atoms with E-state index in [2.05, 4.69) is 40.7 Å². The van der Waals surface area contributed by atoms with Gasteiger partial charge < -0.3 is 4.74 Å². The van der Waals surface area contributed by atoms with E-state index in [-0.39, 0.29) is 22.8 Å². The highest BCUT2D eigenvalue weighted by molar-refractivity contribution is 5.94. The molecule has 1 aromatic rings. The molecule has 8 atom stereocenters. The molecule has 4 aliphatic carbocycles. The van der Waals surface area contributed by atoms with Gasteiger partial charge in [-0.25, -0.2) is 4.79 Å². The predicted octanol–water partition coefficient (Wildman–Crippen LogP) is 9.16. The Morgan fingerprint density at radius 1 is 1.05 bits per heavy atom. The maximum atomic E-state index is 12.9. The van der Waals surface area contributed by atoms with Crippen molar-refractivity contribution in [2.75, 3.05) is 0 Å². The van der Waals surface area contributed by atoms with Crippen molar-refractivity contribution in [2.24, 2.45) is 46.3 Å². The Morgan fingerprint density at radius 2 is 1.82 bits per heavy atom. The molecule has 4 aliphatic rings. The molecule has 1 aromatic carbocycles. The van der Waals surface area contributed by atoms with Gasteiger partial charge in [0.05, 0.1) is 4.92 Å². The summed E-state index contributed by atoms with van der Waals surface area (Å²) in [6, 6.07) is 6.10. The van der Waals surface area contributed by atoms with Crippen LogP contribution in [0.4, 0.5) is 5.69 Å². The van der Waals surface area contributed by atoms with E-state index in [0.29, 0.717) is 5.41 Å². The number of allylic oxidation sites excluding steroid dienone is 1. The van der Waals surface area contributed by atoms with Gasteiger partial charge >= 0.3 is 5.97 Å². The van der Waals surface area contributed by atoms with E-state index in [9.17, 15) is 14.9 Å². The third-order valence-corrected chi connectivity index (χ3v) is 11.9. The molecule has 5 rings (SSSR count). The summed E-state index contributed by atoms with van der Waals surface area (Å²) in [5.41, 5.74) is 2.01. The maximum absolute atomic E-state index is 12.9. The zero-order valence-corrected chi connectivity index (χ0v) is 24.8. The first-order valence-electron chi connectivity index (χ1n) is 15.7. The Morgan fingerprint density at radius 3 is 2.56 bits per heavy atom. The van der Waals surface area contributed by atoms with Crippen LogP contribution in [-0.4, -0.2) is 17.0 Å². The largest absolute Gasteiger partial charge is 0.458 e. The minimum atomic E-state index is -0.571. The van der Waals surface area contributed by atoms with Gasteiger partial charge in [0.25, 0.3) is 5.69 Å². The van der Waals surface area contributed by atoms with Gasteiger partial charge in [0.15, 0.2) is 0 Å². The van der Waals surface area contributed by atoms with Gasteiger partial charge in [-0.1, -0.05) is 77.7 Å². The lowest BCUT2D eigenvalue weighted by Gasteiger charge is -2.58. The number of para-hydroxylation sites is 1. The highest BCUT2D eigenvalue weighted by Crippen LogP contribution is 2.67. The van der Waals surface area contributed by atoms with Crippen molar-refractivity contribution in [3.05, 3.63) is 51.6 Å². The van der Waals surface area contributed by atoms with Crippen LogP contribution < -0.4 is 0 Å². The Bertz CT molecular complexity index is 1110. The number of nitro groups is 1. The lowest BCUT2D eigenvalue weighted by Crippen LogP contribution is -2.51. The molecule has 0 aliphatic heterocycles. The van der Waals surface area contributed by atoms with Crippen LogP contribution in [0.3, 0.4) is 0 Å². The molecule has 0 saturated heterocycles. The summed E-state index contributed by atoms with van der Waals surface area (Å²) in [7, 11) is 0. The summed E-state index contributed by atoms with van der Waals surface area (Å²) in [5.74, 6) is 4.25.